The first-order chi connectivity index (χ1) is 12.1. The van der Waals surface area contributed by atoms with Crippen molar-refractivity contribution in [1.82, 2.24) is 4.90 Å². The van der Waals surface area contributed by atoms with Crippen molar-refractivity contribution in [3.8, 4) is 0 Å². The van der Waals surface area contributed by atoms with Crippen LogP contribution in [-0.4, -0.2) is 59.0 Å². The minimum atomic E-state index is -0.250. The summed E-state index contributed by atoms with van der Waals surface area (Å²) in [5, 5.41) is 25.3. The number of unbranched alkanes of at least 4 members (excludes halogenated alkanes) is 10. The highest BCUT2D eigenvalue weighted by molar-refractivity contribution is 5.32. The van der Waals surface area contributed by atoms with Gasteiger partial charge in [0.2, 0.25) is 0 Å². The molecule has 1 unspecified atom stereocenters. The van der Waals surface area contributed by atoms with Gasteiger partial charge in [0.1, 0.15) is 0 Å². The van der Waals surface area contributed by atoms with Gasteiger partial charge in [0.05, 0.1) is 6.10 Å². The molecule has 3 N–H and O–H groups in total. The molecule has 0 fully saturated rings. The summed E-state index contributed by atoms with van der Waals surface area (Å²) in [4.78, 5) is 10.8. The van der Waals surface area contributed by atoms with Crippen molar-refractivity contribution in [2.45, 2.75) is 97.0 Å². The molecule has 5 heteroatoms. The highest BCUT2D eigenvalue weighted by Gasteiger charge is 2.07. The molecule has 25 heavy (non-hydrogen) atoms. The predicted molar refractivity (Wildman–Crippen MR) is 105 cm³/mol. The molecule has 5 nitrogen and oxygen atoms in total. The largest absolute Gasteiger partial charge is 0.483 e. The Bertz CT molecular complexity index is 250. The first-order valence-electron chi connectivity index (χ1n) is 10.2. The average molecular weight is 362 g/mol. The Balaban J connectivity index is 0. The molecule has 0 aliphatic heterocycles. The van der Waals surface area contributed by atoms with Gasteiger partial charge in [0.15, 0.2) is 0 Å². The fraction of sp³-hybridized carbons (Fsp3) is 0.950. The summed E-state index contributed by atoms with van der Waals surface area (Å²) in [5.41, 5.74) is 0. The van der Waals surface area contributed by atoms with Crippen LogP contribution in [0.2, 0.25) is 0 Å². The van der Waals surface area contributed by atoms with Crippen molar-refractivity contribution in [3.63, 3.8) is 0 Å². The normalized spacial score (nSPS) is 11.9. The van der Waals surface area contributed by atoms with Crippen LogP contribution in [0.4, 0.5) is 0 Å². The summed E-state index contributed by atoms with van der Waals surface area (Å²) in [6.07, 6.45) is 14.9. The molecular weight excluding hydrogens is 318 g/mol. The number of aliphatic hydroxyl groups is 2. The molecule has 0 aliphatic rings. The molecule has 0 amide bonds. The lowest BCUT2D eigenvalue weighted by atomic mass is 10.1. The number of hydrogen-bond donors (Lipinski definition) is 3. The third-order valence-corrected chi connectivity index (χ3v) is 4.23. The first kappa shape index (κ1) is 26.6. The first-order valence-corrected chi connectivity index (χ1v) is 10.2. The number of nitrogens with zero attached hydrogens (tertiary/aromatic N) is 1. The predicted octanol–water partition coefficient (Wildman–Crippen LogP) is 4.06. The third-order valence-electron chi connectivity index (χ3n) is 4.23. The zero-order valence-corrected chi connectivity index (χ0v) is 16.7. The minimum Gasteiger partial charge on any atom is -0.483 e. The van der Waals surface area contributed by atoms with Crippen LogP contribution in [0.1, 0.15) is 90.9 Å². The number of rotatable bonds is 17. The number of hydrogen-bond acceptors (Lipinski definition) is 4. The molecule has 152 valence electrons. The number of carboxylic acid groups (broad SMARTS) is 1. The maximum atomic E-state index is 9.63. The fourth-order valence-corrected chi connectivity index (χ4v) is 2.94. The van der Waals surface area contributed by atoms with Gasteiger partial charge in [-0.25, -0.2) is 0 Å². The van der Waals surface area contributed by atoms with E-state index >= 15 is 0 Å². The monoisotopic (exact) mass is 361 g/mol. The Morgan fingerprint density at radius 1 is 0.840 bits per heavy atom. The van der Waals surface area contributed by atoms with Crippen molar-refractivity contribution in [3.05, 3.63) is 0 Å². The van der Waals surface area contributed by atoms with Crippen LogP contribution >= 0.6 is 0 Å². The topological polar surface area (TPSA) is 81.0 Å². The molecule has 0 saturated carbocycles. The number of carbonyl (C=O) groups is 1. The van der Waals surface area contributed by atoms with Crippen molar-refractivity contribution in [2.75, 3.05) is 26.2 Å². The lowest BCUT2D eigenvalue weighted by Gasteiger charge is -2.23. The van der Waals surface area contributed by atoms with Crippen LogP contribution in [0.15, 0.2) is 0 Å². The van der Waals surface area contributed by atoms with Gasteiger partial charge in [-0.3, -0.25) is 4.79 Å². The van der Waals surface area contributed by atoms with E-state index in [1.54, 1.807) is 0 Å². The lowest BCUT2D eigenvalue weighted by molar-refractivity contribution is -0.122. The minimum absolute atomic E-state index is 0.218. The molecule has 0 spiro atoms. The van der Waals surface area contributed by atoms with E-state index in [0.29, 0.717) is 6.61 Å². The van der Waals surface area contributed by atoms with Crippen LogP contribution < -0.4 is 0 Å². The molecule has 0 heterocycles. The highest BCUT2D eigenvalue weighted by Crippen LogP contribution is 2.09. The molecule has 0 rings (SSSR count). The number of aliphatic hydroxyl groups excluding tert-OH is 2. The van der Waals surface area contributed by atoms with E-state index in [1.165, 1.54) is 64.2 Å². The van der Waals surface area contributed by atoms with E-state index in [1.807, 2.05) is 6.92 Å². The average Bonchev–Trinajstić information content (AvgIpc) is 2.57. The summed E-state index contributed by atoms with van der Waals surface area (Å²) in [5.74, 6) is 0. The second-order valence-electron chi connectivity index (χ2n) is 6.87. The molecule has 0 aromatic heterocycles. The quantitative estimate of drug-likeness (QED) is 0.269. The summed E-state index contributed by atoms with van der Waals surface area (Å²) in [6.45, 7) is 7.32. The SMILES string of the molecule is CCCCCCCCN(CCCCCCCCO)CC(C)O.O=CO. The fourth-order valence-electron chi connectivity index (χ4n) is 2.94. The highest BCUT2D eigenvalue weighted by atomic mass is 16.3. The Hall–Kier alpha value is -0.650. The maximum absolute atomic E-state index is 9.63. The summed E-state index contributed by atoms with van der Waals surface area (Å²) in [6, 6.07) is 0. The Morgan fingerprint density at radius 3 is 1.64 bits per heavy atom. The van der Waals surface area contributed by atoms with Gasteiger partial charge < -0.3 is 20.2 Å². The molecule has 0 aromatic carbocycles. The Morgan fingerprint density at radius 2 is 1.24 bits per heavy atom. The van der Waals surface area contributed by atoms with Crippen LogP contribution in [0, 0.1) is 0 Å². The summed E-state index contributed by atoms with van der Waals surface area (Å²) < 4.78 is 0. The van der Waals surface area contributed by atoms with E-state index in [-0.39, 0.29) is 12.6 Å². The second-order valence-corrected chi connectivity index (χ2v) is 6.87. The second kappa shape index (κ2) is 23.4. The molecule has 0 aliphatic carbocycles. The molecular formula is C20H43NO4. The van der Waals surface area contributed by atoms with Gasteiger partial charge in [-0.2, -0.15) is 0 Å². The van der Waals surface area contributed by atoms with Crippen LogP contribution in [0.25, 0.3) is 0 Å². The van der Waals surface area contributed by atoms with Crippen LogP contribution in [0.3, 0.4) is 0 Å². The zero-order valence-electron chi connectivity index (χ0n) is 16.7. The van der Waals surface area contributed by atoms with Crippen molar-refractivity contribution < 1.29 is 20.1 Å². The maximum Gasteiger partial charge on any atom is 0.290 e. The van der Waals surface area contributed by atoms with Gasteiger partial charge in [-0.15, -0.1) is 0 Å². The van der Waals surface area contributed by atoms with Crippen molar-refractivity contribution in [1.29, 1.82) is 0 Å². The van der Waals surface area contributed by atoms with E-state index in [4.69, 9.17) is 15.0 Å². The summed E-state index contributed by atoms with van der Waals surface area (Å²) >= 11 is 0. The van der Waals surface area contributed by atoms with E-state index in [0.717, 1.165) is 32.5 Å². The molecule has 0 bridgehead atoms. The Labute approximate surface area is 155 Å². The summed E-state index contributed by atoms with van der Waals surface area (Å²) in [7, 11) is 0. The standard InChI is InChI=1S/C19H41NO2.CH2O2/c1-3-4-5-6-9-12-15-20(18-19(2)22)16-13-10-7-8-11-14-17-21;2-1-3/h19,21-22H,3-18H2,1-2H3;1H,(H,2,3). The molecule has 0 saturated heterocycles. The Kier molecular flexibility index (Phi) is 24.8. The molecule has 0 radical (unpaired) electrons. The molecule has 1 atom stereocenters. The zero-order chi connectivity index (χ0) is 19.2. The lowest BCUT2D eigenvalue weighted by Crippen LogP contribution is -2.32. The van der Waals surface area contributed by atoms with Gasteiger partial charge in [-0.05, 0) is 39.3 Å². The molecule has 0 aromatic rings. The van der Waals surface area contributed by atoms with Gasteiger partial charge in [-0.1, -0.05) is 64.7 Å². The van der Waals surface area contributed by atoms with E-state index < -0.39 is 0 Å². The van der Waals surface area contributed by atoms with Crippen molar-refractivity contribution in [2.24, 2.45) is 0 Å². The van der Waals surface area contributed by atoms with Gasteiger partial charge in [0.25, 0.3) is 6.47 Å². The van der Waals surface area contributed by atoms with Crippen molar-refractivity contribution >= 4 is 6.47 Å². The smallest absolute Gasteiger partial charge is 0.290 e. The van der Waals surface area contributed by atoms with Crippen LogP contribution in [-0.2, 0) is 4.79 Å². The van der Waals surface area contributed by atoms with E-state index in [2.05, 4.69) is 11.8 Å². The van der Waals surface area contributed by atoms with Gasteiger partial charge >= 0.3 is 0 Å². The van der Waals surface area contributed by atoms with Crippen LogP contribution in [0.5, 0.6) is 0 Å². The van der Waals surface area contributed by atoms with Gasteiger partial charge in [0, 0.05) is 13.2 Å². The third kappa shape index (κ3) is 25.7. The van der Waals surface area contributed by atoms with E-state index in [9.17, 15) is 5.11 Å².